The molecule has 1 aliphatic rings. The SMILES string of the molecule is CCC(CN(C(=O)OC(C)(C)C)C(CNCc1ccccc1)C1CC1)C(C)O. The zero-order valence-electron chi connectivity index (χ0n) is 18.1. The molecule has 5 heteroatoms. The van der Waals surface area contributed by atoms with Crippen LogP contribution in [0.2, 0.25) is 0 Å². The second kappa shape index (κ2) is 10.3. The van der Waals surface area contributed by atoms with E-state index >= 15 is 0 Å². The van der Waals surface area contributed by atoms with E-state index in [4.69, 9.17) is 4.74 Å². The van der Waals surface area contributed by atoms with Crippen molar-refractivity contribution in [3.05, 3.63) is 35.9 Å². The van der Waals surface area contributed by atoms with Gasteiger partial charge in [0.25, 0.3) is 0 Å². The molecule has 1 fully saturated rings. The topological polar surface area (TPSA) is 61.8 Å². The first-order chi connectivity index (χ1) is 13.2. The molecule has 0 heterocycles. The van der Waals surface area contributed by atoms with E-state index in [0.717, 1.165) is 32.4 Å². The predicted molar refractivity (Wildman–Crippen MR) is 113 cm³/mol. The molecule has 2 N–H and O–H groups in total. The van der Waals surface area contributed by atoms with Gasteiger partial charge in [-0.2, -0.15) is 0 Å². The molecule has 1 aromatic rings. The Bertz CT molecular complexity index is 594. The van der Waals surface area contributed by atoms with Gasteiger partial charge >= 0.3 is 6.09 Å². The van der Waals surface area contributed by atoms with E-state index in [1.54, 1.807) is 6.92 Å². The van der Waals surface area contributed by atoms with Gasteiger partial charge in [0, 0.05) is 25.6 Å². The highest BCUT2D eigenvalue weighted by Crippen LogP contribution is 2.36. The van der Waals surface area contributed by atoms with Gasteiger partial charge in [0.2, 0.25) is 0 Å². The van der Waals surface area contributed by atoms with Crippen LogP contribution in [0.4, 0.5) is 4.79 Å². The van der Waals surface area contributed by atoms with Gasteiger partial charge in [0.05, 0.1) is 12.1 Å². The summed E-state index contributed by atoms with van der Waals surface area (Å²) < 4.78 is 5.73. The first kappa shape index (κ1) is 22.7. The normalized spacial score (nSPS) is 17.6. The summed E-state index contributed by atoms with van der Waals surface area (Å²) in [7, 11) is 0. The number of hydrogen-bond acceptors (Lipinski definition) is 4. The van der Waals surface area contributed by atoms with Crippen molar-refractivity contribution in [3.63, 3.8) is 0 Å². The fourth-order valence-corrected chi connectivity index (χ4v) is 3.51. The van der Waals surface area contributed by atoms with E-state index in [9.17, 15) is 9.90 Å². The molecule has 0 aromatic heterocycles. The fourth-order valence-electron chi connectivity index (χ4n) is 3.51. The molecule has 0 aliphatic heterocycles. The van der Waals surface area contributed by atoms with Crippen molar-refractivity contribution in [2.45, 2.75) is 78.2 Å². The number of nitrogens with zero attached hydrogens (tertiary/aromatic N) is 1. The smallest absolute Gasteiger partial charge is 0.410 e. The molecule has 0 bridgehead atoms. The largest absolute Gasteiger partial charge is 0.444 e. The molecule has 5 nitrogen and oxygen atoms in total. The summed E-state index contributed by atoms with van der Waals surface area (Å²) in [5, 5.41) is 13.7. The monoisotopic (exact) mass is 390 g/mol. The molecule has 1 amide bonds. The number of benzene rings is 1. The van der Waals surface area contributed by atoms with E-state index in [1.165, 1.54) is 5.56 Å². The molecule has 3 unspecified atom stereocenters. The first-order valence-electron chi connectivity index (χ1n) is 10.6. The van der Waals surface area contributed by atoms with Crippen LogP contribution in [-0.2, 0) is 11.3 Å². The molecule has 0 radical (unpaired) electrons. The molecular formula is C23H38N2O3. The summed E-state index contributed by atoms with van der Waals surface area (Å²) in [4.78, 5) is 14.9. The van der Waals surface area contributed by atoms with Crippen molar-refractivity contribution < 1.29 is 14.6 Å². The summed E-state index contributed by atoms with van der Waals surface area (Å²) >= 11 is 0. The molecule has 0 saturated heterocycles. The first-order valence-corrected chi connectivity index (χ1v) is 10.6. The van der Waals surface area contributed by atoms with Crippen LogP contribution in [-0.4, -0.2) is 46.9 Å². The van der Waals surface area contributed by atoms with Crippen LogP contribution in [0.15, 0.2) is 30.3 Å². The lowest BCUT2D eigenvalue weighted by Gasteiger charge is -2.36. The second-order valence-electron chi connectivity index (χ2n) is 9.06. The average molecular weight is 391 g/mol. The maximum Gasteiger partial charge on any atom is 0.410 e. The summed E-state index contributed by atoms with van der Waals surface area (Å²) in [6.45, 7) is 11.6. The van der Waals surface area contributed by atoms with Crippen LogP contribution in [0.5, 0.6) is 0 Å². The fraction of sp³-hybridized carbons (Fsp3) is 0.696. The summed E-state index contributed by atoms with van der Waals surface area (Å²) in [6, 6.07) is 10.4. The molecule has 1 aromatic carbocycles. The Balaban J connectivity index is 2.10. The van der Waals surface area contributed by atoms with E-state index in [-0.39, 0.29) is 18.1 Å². The van der Waals surface area contributed by atoms with Crippen LogP contribution in [0.1, 0.15) is 59.4 Å². The van der Waals surface area contributed by atoms with E-state index < -0.39 is 11.7 Å². The minimum Gasteiger partial charge on any atom is -0.444 e. The predicted octanol–water partition coefficient (Wildman–Crippen LogP) is 4.20. The number of nitrogens with one attached hydrogen (secondary N) is 1. The van der Waals surface area contributed by atoms with Crippen molar-refractivity contribution in [2.75, 3.05) is 13.1 Å². The second-order valence-corrected chi connectivity index (χ2v) is 9.06. The van der Waals surface area contributed by atoms with E-state index in [1.807, 2.05) is 43.9 Å². The van der Waals surface area contributed by atoms with Crippen molar-refractivity contribution in [1.82, 2.24) is 10.2 Å². The van der Waals surface area contributed by atoms with Gasteiger partial charge in [-0.25, -0.2) is 4.79 Å². The van der Waals surface area contributed by atoms with Crippen molar-refractivity contribution in [1.29, 1.82) is 0 Å². The summed E-state index contributed by atoms with van der Waals surface area (Å²) in [5.74, 6) is 0.546. The number of amides is 1. The minimum absolute atomic E-state index is 0.0443. The number of carbonyl (C=O) groups is 1. The number of aliphatic hydroxyl groups is 1. The van der Waals surface area contributed by atoms with Crippen LogP contribution < -0.4 is 5.32 Å². The Morgan fingerprint density at radius 3 is 2.43 bits per heavy atom. The number of carbonyl (C=O) groups excluding carboxylic acids is 1. The van der Waals surface area contributed by atoms with Gasteiger partial charge in [-0.05, 0) is 58.4 Å². The average Bonchev–Trinajstić information content (AvgIpc) is 3.44. The third kappa shape index (κ3) is 7.44. The van der Waals surface area contributed by atoms with Crippen molar-refractivity contribution in [3.8, 4) is 0 Å². The van der Waals surface area contributed by atoms with Crippen molar-refractivity contribution in [2.24, 2.45) is 11.8 Å². The zero-order chi connectivity index (χ0) is 20.7. The Morgan fingerprint density at radius 2 is 1.93 bits per heavy atom. The number of aliphatic hydroxyl groups excluding tert-OH is 1. The van der Waals surface area contributed by atoms with E-state index in [2.05, 4.69) is 24.4 Å². The Hall–Kier alpha value is -1.59. The number of ether oxygens (including phenoxy) is 1. The highest BCUT2D eigenvalue weighted by atomic mass is 16.6. The van der Waals surface area contributed by atoms with Gasteiger partial charge in [-0.1, -0.05) is 37.3 Å². The molecule has 2 rings (SSSR count). The zero-order valence-corrected chi connectivity index (χ0v) is 18.1. The van der Waals surface area contributed by atoms with E-state index in [0.29, 0.717) is 12.5 Å². The molecule has 158 valence electrons. The molecule has 0 spiro atoms. The van der Waals surface area contributed by atoms with Crippen LogP contribution >= 0.6 is 0 Å². The lowest BCUT2D eigenvalue weighted by Crippen LogP contribution is -2.51. The third-order valence-electron chi connectivity index (χ3n) is 5.36. The van der Waals surface area contributed by atoms with Gasteiger partial charge in [-0.3, -0.25) is 0 Å². The summed E-state index contributed by atoms with van der Waals surface area (Å²) in [6.07, 6.45) is 2.38. The quantitative estimate of drug-likeness (QED) is 0.629. The molecule has 28 heavy (non-hydrogen) atoms. The standard InChI is InChI=1S/C23H38N2O3/c1-6-19(17(2)26)16-25(22(27)28-23(3,4)5)21(20-12-13-20)15-24-14-18-10-8-7-9-11-18/h7-11,17,19-21,24,26H,6,12-16H2,1-5H3. The minimum atomic E-state index is -0.534. The Kier molecular flexibility index (Phi) is 8.32. The number of rotatable bonds is 10. The maximum atomic E-state index is 13.0. The van der Waals surface area contributed by atoms with Crippen molar-refractivity contribution >= 4 is 6.09 Å². The lowest BCUT2D eigenvalue weighted by molar-refractivity contribution is 0.00201. The third-order valence-corrected chi connectivity index (χ3v) is 5.36. The van der Waals surface area contributed by atoms with Gasteiger partial charge in [0.1, 0.15) is 5.60 Å². The highest BCUT2D eigenvalue weighted by Gasteiger charge is 2.39. The molecule has 3 atom stereocenters. The molecule has 1 saturated carbocycles. The number of hydrogen-bond donors (Lipinski definition) is 2. The Labute approximate surface area is 170 Å². The van der Waals surface area contributed by atoms with Crippen LogP contribution in [0.3, 0.4) is 0 Å². The Morgan fingerprint density at radius 1 is 1.29 bits per heavy atom. The maximum absolute atomic E-state index is 13.0. The van der Waals surface area contributed by atoms with Crippen LogP contribution in [0, 0.1) is 11.8 Å². The van der Waals surface area contributed by atoms with Gasteiger partial charge in [-0.15, -0.1) is 0 Å². The molecular weight excluding hydrogens is 352 g/mol. The lowest BCUT2D eigenvalue weighted by atomic mass is 9.98. The van der Waals surface area contributed by atoms with Gasteiger partial charge in [0.15, 0.2) is 0 Å². The molecule has 1 aliphatic carbocycles. The van der Waals surface area contributed by atoms with Crippen LogP contribution in [0.25, 0.3) is 0 Å². The summed E-state index contributed by atoms with van der Waals surface area (Å²) in [5.41, 5.74) is 0.698. The highest BCUT2D eigenvalue weighted by molar-refractivity contribution is 5.68. The van der Waals surface area contributed by atoms with Gasteiger partial charge < -0.3 is 20.1 Å².